The van der Waals surface area contributed by atoms with Crippen molar-refractivity contribution in [3.05, 3.63) is 70.6 Å². The van der Waals surface area contributed by atoms with Crippen LogP contribution in [0.4, 0.5) is 0 Å². The average Bonchev–Trinajstić information content (AvgIpc) is 3.08. The zero-order valence-corrected chi connectivity index (χ0v) is 14.8. The average molecular weight is 356 g/mol. The van der Waals surface area contributed by atoms with E-state index in [-0.39, 0.29) is 12.5 Å². The van der Waals surface area contributed by atoms with Crippen molar-refractivity contribution in [2.24, 2.45) is 0 Å². The Bertz CT molecular complexity index is 877. The minimum absolute atomic E-state index is 0.160. The van der Waals surface area contributed by atoms with Gasteiger partial charge in [0, 0.05) is 12.1 Å². The molecular formula is C19H18ClN3O2. The maximum atomic E-state index is 12.7. The van der Waals surface area contributed by atoms with Gasteiger partial charge in [-0.25, -0.2) is 0 Å². The third kappa shape index (κ3) is 3.88. The largest absolute Gasteiger partial charge is 0.337 e. The molecule has 0 saturated heterocycles. The number of carbonyl (C=O) groups is 1. The normalized spacial score (nSPS) is 10.7. The van der Waals surface area contributed by atoms with Crippen molar-refractivity contribution in [2.45, 2.75) is 20.4 Å². The summed E-state index contributed by atoms with van der Waals surface area (Å²) in [5.74, 6) is 0.733. The first kappa shape index (κ1) is 17.2. The summed E-state index contributed by atoms with van der Waals surface area (Å²) in [6.45, 7) is 4.57. The summed E-state index contributed by atoms with van der Waals surface area (Å²) in [4.78, 5) is 18.7. The van der Waals surface area contributed by atoms with Crippen LogP contribution in [0, 0.1) is 6.92 Å². The van der Waals surface area contributed by atoms with Gasteiger partial charge in [0.2, 0.25) is 11.7 Å². The Hall–Kier alpha value is -2.66. The molecule has 2 aromatic carbocycles. The second-order valence-electron chi connectivity index (χ2n) is 5.68. The highest BCUT2D eigenvalue weighted by Crippen LogP contribution is 2.21. The quantitative estimate of drug-likeness (QED) is 0.682. The van der Waals surface area contributed by atoms with Crippen LogP contribution in [0.25, 0.3) is 11.4 Å². The Morgan fingerprint density at radius 3 is 2.64 bits per heavy atom. The molecule has 0 N–H and O–H groups in total. The second-order valence-corrected chi connectivity index (χ2v) is 6.09. The minimum atomic E-state index is -0.160. The number of amides is 1. The summed E-state index contributed by atoms with van der Waals surface area (Å²) in [6.07, 6.45) is 0. The third-order valence-electron chi connectivity index (χ3n) is 3.85. The molecule has 1 amide bonds. The molecule has 6 heteroatoms. The van der Waals surface area contributed by atoms with Gasteiger partial charge in [0.1, 0.15) is 6.54 Å². The number of rotatable bonds is 5. The lowest BCUT2D eigenvalue weighted by molar-refractivity contribution is 0.0734. The van der Waals surface area contributed by atoms with Crippen molar-refractivity contribution in [1.82, 2.24) is 15.0 Å². The summed E-state index contributed by atoms with van der Waals surface area (Å²) in [5, 5.41) is 4.43. The molecule has 0 spiro atoms. The van der Waals surface area contributed by atoms with Crippen LogP contribution < -0.4 is 0 Å². The number of hydrogen-bond acceptors (Lipinski definition) is 4. The van der Waals surface area contributed by atoms with Gasteiger partial charge in [-0.05, 0) is 31.5 Å². The molecule has 0 saturated carbocycles. The monoisotopic (exact) mass is 355 g/mol. The first-order valence-corrected chi connectivity index (χ1v) is 8.39. The molecule has 3 rings (SSSR count). The lowest BCUT2D eigenvalue weighted by atomic mass is 10.1. The van der Waals surface area contributed by atoms with E-state index < -0.39 is 0 Å². The van der Waals surface area contributed by atoms with Crippen molar-refractivity contribution in [3.8, 4) is 11.4 Å². The van der Waals surface area contributed by atoms with Crippen LogP contribution in [0.5, 0.6) is 0 Å². The minimum Gasteiger partial charge on any atom is -0.337 e. The molecule has 1 aromatic heterocycles. The van der Waals surface area contributed by atoms with Gasteiger partial charge in [-0.15, -0.1) is 0 Å². The predicted octanol–water partition coefficient (Wildman–Crippen LogP) is 4.36. The molecule has 5 nitrogen and oxygen atoms in total. The van der Waals surface area contributed by atoms with Gasteiger partial charge in [0.05, 0.1) is 10.6 Å². The molecule has 0 bridgehead atoms. The van der Waals surface area contributed by atoms with Gasteiger partial charge in [-0.1, -0.05) is 53.2 Å². The van der Waals surface area contributed by atoms with Crippen LogP contribution >= 0.6 is 11.6 Å². The molecule has 25 heavy (non-hydrogen) atoms. The highest BCUT2D eigenvalue weighted by Gasteiger charge is 2.20. The summed E-state index contributed by atoms with van der Waals surface area (Å²) >= 11 is 6.21. The second kappa shape index (κ2) is 7.49. The lowest BCUT2D eigenvalue weighted by Gasteiger charge is -2.19. The van der Waals surface area contributed by atoms with E-state index in [1.807, 2.05) is 50.2 Å². The van der Waals surface area contributed by atoms with Crippen molar-refractivity contribution in [3.63, 3.8) is 0 Å². The van der Waals surface area contributed by atoms with Gasteiger partial charge >= 0.3 is 0 Å². The Morgan fingerprint density at radius 1 is 1.20 bits per heavy atom. The summed E-state index contributed by atoms with van der Waals surface area (Å²) in [7, 11) is 0. The summed E-state index contributed by atoms with van der Waals surface area (Å²) < 4.78 is 5.30. The van der Waals surface area contributed by atoms with E-state index in [0.29, 0.717) is 28.8 Å². The van der Waals surface area contributed by atoms with Crippen molar-refractivity contribution in [2.75, 3.05) is 6.54 Å². The van der Waals surface area contributed by atoms with Gasteiger partial charge in [-0.2, -0.15) is 4.98 Å². The summed E-state index contributed by atoms with van der Waals surface area (Å²) in [6, 6.07) is 14.9. The van der Waals surface area contributed by atoms with Crippen LogP contribution in [-0.4, -0.2) is 27.5 Å². The number of aryl methyl sites for hydroxylation is 1. The molecule has 0 radical (unpaired) electrons. The Balaban J connectivity index is 1.78. The van der Waals surface area contributed by atoms with Crippen molar-refractivity contribution < 1.29 is 9.32 Å². The molecule has 1 heterocycles. The van der Waals surface area contributed by atoms with Crippen LogP contribution in [-0.2, 0) is 6.54 Å². The number of halogens is 1. The van der Waals surface area contributed by atoms with E-state index in [2.05, 4.69) is 10.1 Å². The Morgan fingerprint density at radius 2 is 1.96 bits per heavy atom. The fraction of sp³-hybridized carbons (Fsp3) is 0.211. The van der Waals surface area contributed by atoms with Gasteiger partial charge in [0.15, 0.2) is 0 Å². The zero-order chi connectivity index (χ0) is 17.8. The van der Waals surface area contributed by atoms with E-state index in [4.69, 9.17) is 16.1 Å². The smallest absolute Gasteiger partial charge is 0.255 e. The van der Waals surface area contributed by atoms with Gasteiger partial charge < -0.3 is 9.42 Å². The standard InChI is InChI=1S/C19H18ClN3O2/c1-3-23(19(24)15-10-9-13(2)11-16(15)20)12-17-21-18(22-25-17)14-7-5-4-6-8-14/h4-11H,3,12H2,1-2H3. The van der Waals surface area contributed by atoms with E-state index in [1.165, 1.54) is 0 Å². The number of benzene rings is 2. The predicted molar refractivity (Wildman–Crippen MR) is 96.3 cm³/mol. The lowest BCUT2D eigenvalue weighted by Crippen LogP contribution is -2.30. The molecular weight excluding hydrogens is 338 g/mol. The number of hydrogen-bond donors (Lipinski definition) is 0. The number of carbonyl (C=O) groups excluding carboxylic acids is 1. The first-order chi connectivity index (χ1) is 12.1. The number of nitrogens with zero attached hydrogens (tertiary/aromatic N) is 3. The highest BCUT2D eigenvalue weighted by molar-refractivity contribution is 6.33. The maximum absolute atomic E-state index is 12.7. The fourth-order valence-electron chi connectivity index (χ4n) is 2.48. The van der Waals surface area contributed by atoms with Gasteiger partial charge in [-0.3, -0.25) is 4.79 Å². The summed E-state index contributed by atoms with van der Waals surface area (Å²) in [5.41, 5.74) is 2.35. The number of aromatic nitrogens is 2. The molecule has 3 aromatic rings. The SMILES string of the molecule is CCN(Cc1nc(-c2ccccc2)no1)C(=O)c1ccc(C)cc1Cl. The Kier molecular flexibility index (Phi) is 5.14. The third-order valence-corrected chi connectivity index (χ3v) is 4.16. The van der Waals surface area contributed by atoms with Crippen LogP contribution in [0.15, 0.2) is 53.1 Å². The molecule has 0 atom stereocenters. The first-order valence-electron chi connectivity index (χ1n) is 8.02. The molecule has 0 aliphatic carbocycles. The van der Waals surface area contributed by atoms with Crippen LogP contribution in [0.1, 0.15) is 28.7 Å². The fourth-order valence-corrected chi connectivity index (χ4v) is 2.79. The van der Waals surface area contributed by atoms with E-state index in [1.54, 1.807) is 17.0 Å². The van der Waals surface area contributed by atoms with E-state index >= 15 is 0 Å². The van der Waals surface area contributed by atoms with Gasteiger partial charge in [0.25, 0.3) is 5.91 Å². The van der Waals surface area contributed by atoms with Crippen LogP contribution in [0.3, 0.4) is 0 Å². The van der Waals surface area contributed by atoms with Crippen LogP contribution in [0.2, 0.25) is 5.02 Å². The van der Waals surface area contributed by atoms with E-state index in [9.17, 15) is 4.79 Å². The van der Waals surface area contributed by atoms with E-state index in [0.717, 1.165) is 11.1 Å². The Labute approximate surface area is 151 Å². The molecule has 0 unspecified atom stereocenters. The highest BCUT2D eigenvalue weighted by atomic mass is 35.5. The topological polar surface area (TPSA) is 59.2 Å². The molecule has 0 fully saturated rings. The maximum Gasteiger partial charge on any atom is 0.255 e. The van der Waals surface area contributed by atoms with Crippen molar-refractivity contribution >= 4 is 17.5 Å². The molecule has 0 aliphatic heterocycles. The molecule has 0 aliphatic rings. The zero-order valence-electron chi connectivity index (χ0n) is 14.1. The molecule has 128 valence electrons. The van der Waals surface area contributed by atoms with Crippen molar-refractivity contribution in [1.29, 1.82) is 0 Å².